The topological polar surface area (TPSA) is 33.0 Å². The summed E-state index contributed by atoms with van der Waals surface area (Å²) in [6.07, 6.45) is 12.4. The Morgan fingerprint density at radius 1 is 1.04 bits per heavy atom. The lowest BCUT2D eigenvalue weighted by Crippen LogP contribution is -2.30. The van der Waals surface area contributed by atoms with E-state index in [1.54, 1.807) is 0 Å². The molecule has 0 unspecified atom stereocenters. The van der Waals surface area contributed by atoms with Gasteiger partial charge >= 0.3 is 0 Å². The molecule has 2 saturated carbocycles. The summed E-state index contributed by atoms with van der Waals surface area (Å²) in [5.74, 6) is 0.215. The molecule has 3 heterocycles. The van der Waals surface area contributed by atoms with Crippen LogP contribution in [0, 0.1) is 13.8 Å². The first-order chi connectivity index (χ1) is 13.4. The second-order valence-corrected chi connectivity index (χ2v) is 11.1. The molecule has 0 bridgehead atoms. The summed E-state index contributed by atoms with van der Waals surface area (Å²) in [6, 6.07) is 0. The Morgan fingerprint density at radius 3 is 2.11 bits per heavy atom. The minimum atomic E-state index is 0.119. The lowest BCUT2D eigenvalue weighted by atomic mass is 9.73. The fraction of sp³-hybridized carbons (Fsp3) is 0.636. The first-order valence-corrected chi connectivity index (χ1v) is 12.5. The van der Waals surface area contributed by atoms with E-state index in [1.807, 2.05) is 13.8 Å². The molecular weight excluding hydrogens is 456 g/mol. The monoisotopic (exact) mass is 480 g/mol. The number of thiophene rings is 1. The molecule has 6 heteroatoms. The number of carbonyl (C=O) groups is 1. The van der Waals surface area contributed by atoms with E-state index in [1.165, 1.54) is 75.5 Å². The predicted molar refractivity (Wildman–Crippen MR) is 120 cm³/mol. The van der Waals surface area contributed by atoms with E-state index < -0.39 is 0 Å². The average Bonchev–Trinajstić information content (AvgIpc) is 3.01. The molecule has 2 spiro atoms. The summed E-state index contributed by atoms with van der Waals surface area (Å²) in [6.45, 7) is 3.95. The molecule has 3 aliphatic rings. The Morgan fingerprint density at radius 2 is 1.57 bits per heavy atom. The minimum Gasteiger partial charge on any atom is -0.322 e. The normalized spacial score (nSPS) is 22.9. The highest BCUT2D eigenvalue weighted by Gasteiger charge is 2.75. The first kappa shape index (κ1) is 19.3. The van der Waals surface area contributed by atoms with Crippen LogP contribution in [0.1, 0.15) is 85.1 Å². The van der Waals surface area contributed by atoms with Gasteiger partial charge in [0.25, 0.3) is 5.91 Å². The molecule has 2 aromatic rings. The second kappa shape index (κ2) is 6.68. The number of aromatic nitrogens is 1. The Bertz CT molecular complexity index is 949. The van der Waals surface area contributed by atoms with Gasteiger partial charge in [-0.2, -0.15) is 0 Å². The molecule has 150 valence electrons. The summed E-state index contributed by atoms with van der Waals surface area (Å²) < 4.78 is 0.883. The van der Waals surface area contributed by atoms with Gasteiger partial charge in [0.1, 0.15) is 9.71 Å². The molecule has 2 aromatic heterocycles. The standard InChI is InChI=1S/C22H26BrClN2OS/c1-13-15-16(23)18(28-19(15)25-14(2)17(13)24)20(27)26-21(9-5-3-6-10-21)22(26)11-7-4-8-12-22/h3-12H2,1-2H3. The maximum absolute atomic E-state index is 13.9. The number of hydrogen-bond acceptors (Lipinski definition) is 3. The molecule has 5 rings (SSSR count). The Labute approximate surface area is 184 Å². The van der Waals surface area contributed by atoms with E-state index in [0.29, 0.717) is 5.02 Å². The molecule has 1 saturated heterocycles. The molecule has 0 atom stereocenters. The van der Waals surface area contributed by atoms with E-state index >= 15 is 0 Å². The summed E-state index contributed by atoms with van der Waals surface area (Å²) in [5, 5.41) is 1.70. The Balaban J connectivity index is 1.59. The zero-order chi connectivity index (χ0) is 19.7. The number of rotatable bonds is 1. The molecular formula is C22H26BrClN2OS. The van der Waals surface area contributed by atoms with Crippen molar-refractivity contribution in [2.45, 2.75) is 89.1 Å². The van der Waals surface area contributed by atoms with Crippen molar-refractivity contribution in [2.24, 2.45) is 0 Å². The van der Waals surface area contributed by atoms with Gasteiger partial charge in [-0.15, -0.1) is 11.3 Å². The van der Waals surface area contributed by atoms with Crippen LogP contribution in [-0.2, 0) is 0 Å². The van der Waals surface area contributed by atoms with E-state index in [9.17, 15) is 4.79 Å². The van der Waals surface area contributed by atoms with Crippen molar-refractivity contribution in [3.05, 3.63) is 25.6 Å². The Hall–Kier alpha value is -0.650. The third-order valence-corrected chi connectivity index (χ3v) is 10.2. The minimum absolute atomic E-state index is 0.119. The smallest absolute Gasteiger partial charge is 0.266 e. The number of pyridine rings is 1. The van der Waals surface area contributed by atoms with Gasteiger partial charge in [0.2, 0.25) is 0 Å². The highest BCUT2D eigenvalue weighted by Crippen LogP contribution is 2.66. The van der Waals surface area contributed by atoms with Crippen LogP contribution in [0.15, 0.2) is 4.47 Å². The van der Waals surface area contributed by atoms with Gasteiger partial charge in [-0.25, -0.2) is 4.98 Å². The van der Waals surface area contributed by atoms with E-state index in [4.69, 9.17) is 11.6 Å². The lowest BCUT2D eigenvalue weighted by molar-refractivity contribution is 0.0819. The van der Waals surface area contributed by atoms with Crippen LogP contribution in [0.4, 0.5) is 0 Å². The second-order valence-electron chi connectivity index (χ2n) is 8.89. The molecule has 3 fully saturated rings. The van der Waals surface area contributed by atoms with Gasteiger partial charge in [-0.3, -0.25) is 4.79 Å². The van der Waals surface area contributed by atoms with E-state index in [-0.39, 0.29) is 17.0 Å². The number of fused-ring (bicyclic) bond motifs is 2. The maximum Gasteiger partial charge on any atom is 0.266 e. The first-order valence-electron chi connectivity index (χ1n) is 10.5. The van der Waals surface area contributed by atoms with Crippen LogP contribution in [0.5, 0.6) is 0 Å². The molecule has 1 aliphatic heterocycles. The summed E-state index contributed by atoms with van der Waals surface area (Å²) >= 11 is 11.7. The Kier molecular flexibility index (Phi) is 4.61. The fourth-order valence-electron chi connectivity index (χ4n) is 6.23. The highest BCUT2D eigenvalue weighted by atomic mass is 79.9. The van der Waals surface area contributed by atoms with E-state index in [0.717, 1.165) is 30.8 Å². The van der Waals surface area contributed by atoms with Crippen molar-refractivity contribution in [1.82, 2.24) is 9.88 Å². The highest BCUT2D eigenvalue weighted by molar-refractivity contribution is 9.10. The maximum atomic E-state index is 13.9. The van der Waals surface area contributed by atoms with Crippen LogP contribution >= 0.6 is 38.9 Å². The quantitative estimate of drug-likeness (QED) is 0.404. The number of hydrogen-bond donors (Lipinski definition) is 0. The summed E-state index contributed by atoms with van der Waals surface area (Å²) in [7, 11) is 0. The van der Waals surface area contributed by atoms with Gasteiger partial charge in [0, 0.05) is 5.39 Å². The van der Waals surface area contributed by atoms with Crippen molar-refractivity contribution in [3.63, 3.8) is 0 Å². The predicted octanol–water partition coefficient (Wildman–Crippen LogP) is 7.19. The SMILES string of the molecule is Cc1nc2sc(C(=O)N3C4(CCCCC4)C34CCCCC4)c(Br)c2c(C)c1Cl. The summed E-state index contributed by atoms with van der Waals surface area (Å²) in [5.41, 5.74) is 2.08. The van der Waals surface area contributed by atoms with Gasteiger partial charge in [-0.1, -0.05) is 50.1 Å². The lowest BCUT2D eigenvalue weighted by Gasteiger charge is -2.27. The average molecular weight is 482 g/mol. The molecule has 28 heavy (non-hydrogen) atoms. The number of nitrogens with zero attached hydrogens (tertiary/aromatic N) is 2. The zero-order valence-corrected chi connectivity index (χ0v) is 19.7. The fourth-order valence-corrected chi connectivity index (χ4v) is 8.50. The molecule has 2 aliphatic carbocycles. The van der Waals surface area contributed by atoms with Crippen LogP contribution in [0.25, 0.3) is 10.2 Å². The molecule has 0 radical (unpaired) electrons. The van der Waals surface area contributed by atoms with Crippen LogP contribution < -0.4 is 0 Å². The third kappa shape index (κ3) is 2.45. The molecule has 0 N–H and O–H groups in total. The molecule has 1 amide bonds. The summed E-state index contributed by atoms with van der Waals surface area (Å²) in [4.78, 5) is 22.6. The molecule has 3 nitrogen and oxygen atoms in total. The largest absolute Gasteiger partial charge is 0.322 e. The van der Waals surface area contributed by atoms with Gasteiger partial charge in [-0.05, 0) is 61.0 Å². The van der Waals surface area contributed by atoms with Crippen molar-refractivity contribution in [1.29, 1.82) is 0 Å². The number of aryl methyl sites for hydroxylation is 2. The molecule has 0 aromatic carbocycles. The number of carbonyl (C=O) groups excluding carboxylic acids is 1. The third-order valence-electron chi connectivity index (χ3n) is 7.55. The van der Waals surface area contributed by atoms with Crippen LogP contribution in [-0.4, -0.2) is 26.9 Å². The van der Waals surface area contributed by atoms with Gasteiger partial charge in [0.15, 0.2) is 0 Å². The number of halogens is 2. The van der Waals surface area contributed by atoms with Crippen molar-refractivity contribution in [3.8, 4) is 0 Å². The van der Waals surface area contributed by atoms with Crippen molar-refractivity contribution >= 4 is 55.0 Å². The van der Waals surface area contributed by atoms with Crippen molar-refractivity contribution in [2.75, 3.05) is 0 Å². The van der Waals surface area contributed by atoms with Gasteiger partial charge in [0.05, 0.1) is 26.3 Å². The zero-order valence-electron chi connectivity index (χ0n) is 16.5. The number of amides is 1. The van der Waals surface area contributed by atoms with E-state index in [2.05, 4.69) is 25.8 Å². The van der Waals surface area contributed by atoms with Crippen LogP contribution in [0.3, 0.4) is 0 Å². The van der Waals surface area contributed by atoms with Crippen LogP contribution in [0.2, 0.25) is 5.02 Å². The van der Waals surface area contributed by atoms with Crippen molar-refractivity contribution < 1.29 is 4.79 Å². The van der Waals surface area contributed by atoms with Gasteiger partial charge < -0.3 is 4.90 Å².